The van der Waals surface area contributed by atoms with E-state index >= 15 is 0 Å². The summed E-state index contributed by atoms with van der Waals surface area (Å²) in [6.45, 7) is 0. The summed E-state index contributed by atoms with van der Waals surface area (Å²) in [5.74, 6) is 1.25. The second-order valence-corrected chi connectivity index (χ2v) is 4.31. The molecule has 1 N–H and O–H groups in total. The fourth-order valence-corrected chi connectivity index (χ4v) is 2.30. The van der Waals surface area contributed by atoms with Gasteiger partial charge in [-0.2, -0.15) is 0 Å². The van der Waals surface area contributed by atoms with Gasteiger partial charge in [0.05, 0.1) is 0 Å². The SMILES string of the molecule is Oc1ccccc1[C@H]1CCc2ccccc2O1. The van der Waals surface area contributed by atoms with Crippen LogP contribution in [0.2, 0.25) is 0 Å². The van der Waals surface area contributed by atoms with Gasteiger partial charge in [0.2, 0.25) is 0 Å². The Morgan fingerprint density at radius 1 is 1.00 bits per heavy atom. The molecule has 2 heteroatoms. The molecule has 0 spiro atoms. The Bertz CT molecular complexity index is 534. The molecule has 0 saturated carbocycles. The molecule has 0 aliphatic carbocycles. The van der Waals surface area contributed by atoms with Crippen molar-refractivity contribution in [1.29, 1.82) is 0 Å². The minimum atomic E-state index is -0.0360. The number of hydrogen-bond donors (Lipinski definition) is 1. The zero-order valence-corrected chi connectivity index (χ0v) is 9.47. The summed E-state index contributed by atoms with van der Waals surface area (Å²) < 4.78 is 5.94. The largest absolute Gasteiger partial charge is 0.508 e. The van der Waals surface area contributed by atoms with Gasteiger partial charge >= 0.3 is 0 Å². The van der Waals surface area contributed by atoms with E-state index in [1.165, 1.54) is 5.56 Å². The molecule has 0 saturated heterocycles. The molecule has 0 bridgehead atoms. The Balaban J connectivity index is 1.92. The number of aryl methyl sites for hydroxylation is 1. The lowest BCUT2D eigenvalue weighted by Gasteiger charge is -2.26. The van der Waals surface area contributed by atoms with Gasteiger partial charge in [0, 0.05) is 5.56 Å². The monoisotopic (exact) mass is 226 g/mol. The van der Waals surface area contributed by atoms with E-state index in [0.29, 0.717) is 5.75 Å². The fourth-order valence-electron chi connectivity index (χ4n) is 2.30. The van der Waals surface area contributed by atoms with Gasteiger partial charge in [-0.25, -0.2) is 0 Å². The second kappa shape index (κ2) is 4.13. The van der Waals surface area contributed by atoms with Crippen molar-refractivity contribution >= 4 is 0 Å². The third kappa shape index (κ3) is 1.86. The van der Waals surface area contributed by atoms with Crippen LogP contribution in [0.4, 0.5) is 0 Å². The number of phenols is 1. The van der Waals surface area contributed by atoms with Gasteiger partial charge in [0.1, 0.15) is 17.6 Å². The van der Waals surface area contributed by atoms with Crippen LogP contribution in [0.3, 0.4) is 0 Å². The van der Waals surface area contributed by atoms with Crippen LogP contribution >= 0.6 is 0 Å². The normalized spacial score (nSPS) is 18.2. The molecule has 2 nitrogen and oxygen atoms in total. The molecular formula is C15H14O2. The highest BCUT2D eigenvalue weighted by molar-refractivity contribution is 5.39. The van der Waals surface area contributed by atoms with E-state index in [2.05, 4.69) is 6.07 Å². The molecule has 0 amide bonds. The number of phenolic OH excluding ortho intramolecular Hbond substituents is 1. The first kappa shape index (κ1) is 10.2. The standard InChI is InChI=1S/C15H14O2/c16-13-7-3-2-6-12(13)15-10-9-11-5-1-4-8-14(11)17-15/h1-8,15-16H,9-10H2/t15-/m1/s1. The lowest BCUT2D eigenvalue weighted by Crippen LogP contribution is -2.15. The minimum absolute atomic E-state index is 0.0360. The van der Waals surface area contributed by atoms with Crippen molar-refractivity contribution in [3.8, 4) is 11.5 Å². The van der Waals surface area contributed by atoms with Crippen LogP contribution in [-0.4, -0.2) is 5.11 Å². The first-order valence-corrected chi connectivity index (χ1v) is 5.87. The Kier molecular flexibility index (Phi) is 2.48. The van der Waals surface area contributed by atoms with Gasteiger partial charge in [0.25, 0.3) is 0 Å². The van der Waals surface area contributed by atoms with Crippen LogP contribution in [-0.2, 0) is 6.42 Å². The fraction of sp³-hybridized carbons (Fsp3) is 0.200. The highest BCUT2D eigenvalue weighted by Crippen LogP contribution is 2.37. The summed E-state index contributed by atoms with van der Waals surface area (Å²) in [5.41, 5.74) is 2.13. The highest BCUT2D eigenvalue weighted by Gasteiger charge is 2.22. The Hall–Kier alpha value is -1.96. The van der Waals surface area contributed by atoms with Crippen LogP contribution in [0.1, 0.15) is 23.7 Å². The zero-order valence-electron chi connectivity index (χ0n) is 9.47. The molecule has 17 heavy (non-hydrogen) atoms. The minimum Gasteiger partial charge on any atom is -0.508 e. The summed E-state index contributed by atoms with van der Waals surface area (Å²) in [4.78, 5) is 0. The summed E-state index contributed by atoms with van der Waals surface area (Å²) in [5, 5.41) is 9.83. The highest BCUT2D eigenvalue weighted by atomic mass is 16.5. The van der Waals surface area contributed by atoms with Crippen molar-refractivity contribution in [2.24, 2.45) is 0 Å². The molecular weight excluding hydrogens is 212 g/mol. The second-order valence-electron chi connectivity index (χ2n) is 4.31. The molecule has 0 aromatic heterocycles. The molecule has 3 rings (SSSR count). The van der Waals surface area contributed by atoms with Gasteiger partial charge in [-0.05, 0) is 30.5 Å². The third-order valence-electron chi connectivity index (χ3n) is 3.20. The van der Waals surface area contributed by atoms with E-state index in [1.807, 2.05) is 36.4 Å². The first-order chi connectivity index (χ1) is 8.34. The molecule has 0 unspecified atom stereocenters. The van der Waals surface area contributed by atoms with Gasteiger partial charge in [0.15, 0.2) is 0 Å². The van der Waals surface area contributed by atoms with E-state index in [0.717, 1.165) is 24.2 Å². The first-order valence-electron chi connectivity index (χ1n) is 5.87. The van der Waals surface area contributed by atoms with E-state index < -0.39 is 0 Å². The third-order valence-corrected chi connectivity index (χ3v) is 3.20. The topological polar surface area (TPSA) is 29.5 Å². The van der Waals surface area contributed by atoms with E-state index in [-0.39, 0.29) is 6.10 Å². The van der Waals surface area contributed by atoms with Gasteiger partial charge in [-0.3, -0.25) is 0 Å². The quantitative estimate of drug-likeness (QED) is 0.806. The molecule has 1 atom stereocenters. The number of benzene rings is 2. The Morgan fingerprint density at radius 2 is 1.76 bits per heavy atom. The van der Waals surface area contributed by atoms with Crippen molar-refractivity contribution < 1.29 is 9.84 Å². The maximum Gasteiger partial charge on any atom is 0.128 e. The summed E-state index contributed by atoms with van der Waals surface area (Å²) in [6.07, 6.45) is 1.87. The average molecular weight is 226 g/mol. The van der Waals surface area contributed by atoms with Crippen LogP contribution in [0.25, 0.3) is 0 Å². The van der Waals surface area contributed by atoms with Crippen LogP contribution in [0.15, 0.2) is 48.5 Å². The van der Waals surface area contributed by atoms with Crippen LogP contribution in [0.5, 0.6) is 11.5 Å². The van der Waals surface area contributed by atoms with E-state index in [1.54, 1.807) is 6.07 Å². The van der Waals surface area contributed by atoms with Crippen molar-refractivity contribution in [3.05, 3.63) is 59.7 Å². The molecule has 2 aromatic rings. The van der Waals surface area contributed by atoms with Gasteiger partial charge in [-0.15, -0.1) is 0 Å². The van der Waals surface area contributed by atoms with Crippen molar-refractivity contribution in [2.45, 2.75) is 18.9 Å². The maximum absolute atomic E-state index is 9.83. The number of aromatic hydroxyl groups is 1. The lowest BCUT2D eigenvalue weighted by molar-refractivity contribution is 0.173. The molecule has 2 aromatic carbocycles. The van der Waals surface area contributed by atoms with Crippen molar-refractivity contribution in [3.63, 3.8) is 0 Å². The summed E-state index contributed by atoms with van der Waals surface area (Å²) >= 11 is 0. The number of hydrogen-bond acceptors (Lipinski definition) is 2. The summed E-state index contributed by atoms with van der Waals surface area (Å²) in [6, 6.07) is 15.5. The lowest BCUT2D eigenvalue weighted by atomic mass is 9.97. The number of para-hydroxylation sites is 2. The predicted molar refractivity (Wildman–Crippen MR) is 66.2 cm³/mol. The Labute approximate surface area is 100 Å². The summed E-state index contributed by atoms with van der Waals surface area (Å²) in [7, 11) is 0. The van der Waals surface area contributed by atoms with E-state index in [9.17, 15) is 5.11 Å². The maximum atomic E-state index is 9.83. The number of rotatable bonds is 1. The average Bonchev–Trinajstić information content (AvgIpc) is 2.39. The molecule has 1 aliphatic heterocycles. The number of ether oxygens (including phenoxy) is 1. The molecule has 1 heterocycles. The van der Waals surface area contributed by atoms with Gasteiger partial charge in [-0.1, -0.05) is 36.4 Å². The predicted octanol–water partition coefficient (Wildman–Crippen LogP) is 3.46. The Morgan fingerprint density at radius 3 is 2.65 bits per heavy atom. The molecule has 0 fully saturated rings. The van der Waals surface area contributed by atoms with Crippen LogP contribution in [0, 0.1) is 0 Å². The molecule has 1 aliphatic rings. The smallest absolute Gasteiger partial charge is 0.128 e. The molecule has 86 valence electrons. The van der Waals surface area contributed by atoms with E-state index in [4.69, 9.17) is 4.74 Å². The number of fused-ring (bicyclic) bond motifs is 1. The van der Waals surface area contributed by atoms with Gasteiger partial charge < -0.3 is 9.84 Å². The van der Waals surface area contributed by atoms with Crippen molar-refractivity contribution in [1.82, 2.24) is 0 Å². The molecule has 0 radical (unpaired) electrons. The van der Waals surface area contributed by atoms with Crippen LogP contribution < -0.4 is 4.74 Å². The zero-order chi connectivity index (χ0) is 11.7. The van der Waals surface area contributed by atoms with Crippen molar-refractivity contribution in [2.75, 3.05) is 0 Å².